The largest absolute Gasteiger partial charge is 0.336 e. The average molecular weight is 316 g/mol. The fourth-order valence-corrected chi connectivity index (χ4v) is 2.59. The molecule has 126 valence electrons. The molecule has 0 bridgehead atoms. The molecule has 5 nitrogen and oxygen atoms in total. The molecular weight excluding hydrogens is 288 g/mol. The summed E-state index contributed by atoms with van der Waals surface area (Å²) in [6, 6.07) is 6.21. The molecule has 0 fully saturated rings. The predicted octanol–water partition coefficient (Wildman–Crippen LogP) is 2.17. The number of aromatic nitrogens is 1. The van der Waals surface area contributed by atoms with Crippen molar-refractivity contribution in [3.63, 3.8) is 0 Å². The van der Waals surface area contributed by atoms with E-state index < -0.39 is 0 Å². The lowest BCUT2D eigenvalue weighted by Crippen LogP contribution is -2.33. The van der Waals surface area contributed by atoms with Crippen LogP contribution in [-0.2, 0) is 6.42 Å². The maximum atomic E-state index is 12.5. The Morgan fingerprint density at radius 1 is 1.13 bits per heavy atom. The van der Waals surface area contributed by atoms with Gasteiger partial charge in [-0.1, -0.05) is 11.6 Å². The number of nitrogens with zero attached hydrogens (tertiary/aromatic N) is 3. The number of benzene rings is 1. The van der Waals surface area contributed by atoms with Crippen LogP contribution in [0.5, 0.6) is 0 Å². The molecule has 1 N–H and O–H groups in total. The summed E-state index contributed by atoms with van der Waals surface area (Å²) in [6.45, 7) is 4.53. The molecule has 0 saturated carbocycles. The Morgan fingerprint density at radius 3 is 2.48 bits per heavy atom. The molecular formula is C18H28N4O. The number of hydrogen-bond acceptors (Lipinski definition) is 3. The van der Waals surface area contributed by atoms with E-state index in [9.17, 15) is 4.79 Å². The number of nitrogens with one attached hydrogen (secondary N) is 1. The Hall–Kier alpha value is -1.85. The number of fused-ring (bicyclic) bond motifs is 1. The molecule has 0 aliphatic heterocycles. The number of carbonyl (C=O) groups is 1. The van der Waals surface area contributed by atoms with Gasteiger partial charge in [0, 0.05) is 31.2 Å². The van der Waals surface area contributed by atoms with Gasteiger partial charge in [-0.3, -0.25) is 4.57 Å². The Bertz CT molecular complexity index is 673. The van der Waals surface area contributed by atoms with E-state index in [0.717, 1.165) is 25.0 Å². The summed E-state index contributed by atoms with van der Waals surface area (Å²) in [4.78, 5) is 16.7. The third-order valence-corrected chi connectivity index (χ3v) is 3.92. The molecule has 23 heavy (non-hydrogen) atoms. The van der Waals surface area contributed by atoms with Crippen molar-refractivity contribution in [2.45, 2.75) is 13.3 Å². The molecule has 0 saturated heterocycles. The first-order valence-electron chi connectivity index (χ1n) is 8.06. The van der Waals surface area contributed by atoms with Gasteiger partial charge in [0.15, 0.2) is 0 Å². The zero-order chi connectivity index (χ0) is 17.0. The second-order valence-corrected chi connectivity index (χ2v) is 6.63. The Morgan fingerprint density at radius 2 is 1.83 bits per heavy atom. The van der Waals surface area contributed by atoms with Crippen LogP contribution in [0.15, 0.2) is 24.4 Å². The van der Waals surface area contributed by atoms with Crippen LogP contribution in [0.3, 0.4) is 0 Å². The van der Waals surface area contributed by atoms with Gasteiger partial charge in [0.2, 0.25) is 0 Å². The van der Waals surface area contributed by atoms with Crippen molar-refractivity contribution in [2.24, 2.45) is 0 Å². The van der Waals surface area contributed by atoms with E-state index in [-0.39, 0.29) is 6.03 Å². The number of rotatable bonds is 6. The fourth-order valence-electron chi connectivity index (χ4n) is 2.59. The molecule has 0 unspecified atom stereocenters. The third-order valence-electron chi connectivity index (χ3n) is 3.92. The van der Waals surface area contributed by atoms with Crippen molar-refractivity contribution in [3.8, 4) is 0 Å². The Kier molecular flexibility index (Phi) is 5.80. The van der Waals surface area contributed by atoms with Crippen molar-refractivity contribution in [3.05, 3.63) is 35.5 Å². The van der Waals surface area contributed by atoms with Gasteiger partial charge in [-0.05, 0) is 59.2 Å². The van der Waals surface area contributed by atoms with Crippen LogP contribution in [0.25, 0.3) is 10.9 Å². The lowest BCUT2D eigenvalue weighted by atomic mass is 10.1. The second-order valence-electron chi connectivity index (χ2n) is 6.63. The average Bonchev–Trinajstić information content (AvgIpc) is 2.82. The Balaban J connectivity index is 2.26. The molecule has 0 aliphatic rings. The van der Waals surface area contributed by atoms with Gasteiger partial charge in [0.25, 0.3) is 0 Å². The SMILES string of the molecule is Cc1ccc2c(c1)c(CCN(C)C)cn2C(=O)NCCN(C)C. The normalized spacial score (nSPS) is 11.6. The quantitative estimate of drug-likeness (QED) is 0.888. The Labute approximate surface area is 138 Å². The van der Waals surface area contributed by atoms with E-state index in [1.54, 1.807) is 4.57 Å². The monoisotopic (exact) mass is 316 g/mol. The van der Waals surface area contributed by atoms with Crippen LogP contribution >= 0.6 is 0 Å². The number of amides is 1. The zero-order valence-electron chi connectivity index (χ0n) is 14.9. The minimum atomic E-state index is -0.0585. The molecule has 1 heterocycles. The van der Waals surface area contributed by atoms with Crippen molar-refractivity contribution in [1.82, 2.24) is 19.7 Å². The van der Waals surface area contributed by atoms with Crippen LogP contribution in [0, 0.1) is 6.92 Å². The van der Waals surface area contributed by atoms with Crippen LogP contribution in [0.2, 0.25) is 0 Å². The molecule has 5 heteroatoms. The number of aryl methyl sites for hydroxylation is 1. The summed E-state index contributed by atoms with van der Waals surface area (Å²) in [6.07, 6.45) is 2.92. The van der Waals surface area contributed by atoms with Crippen molar-refractivity contribution < 1.29 is 4.79 Å². The predicted molar refractivity (Wildman–Crippen MR) is 96.3 cm³/mol. The number of hydrogen-bond donors (Lipinski definition) is 1. The summed E-state index contributed by atoms with van der Waals surface area (Å²) < 4.78 is 1.75. The highest BCUT2D eigenvalue weighted by Gasteiger charge is 2.13. The summed E-state index contributed by atoms with van der Waals surface area (Å²) in [5, 5.41) is 4.16. The first-order chi connectivity index (χ1) is 10.9. The third kappa shape index (κ3) is 4.56. The highest BCUT2D eigenvalue weighted by atomic mass is 16.2. The van der Waals surface area contributed by atoms with Gasteiger partial charge in [0.05, 0.1) is 5.52 Å². The van der Waals surface area contributed by atoms with Crippen LogP contribution in [-0.4, -0.2) is 68.2 Å². The standard InChI is InChI=1S/C18H28N4O/c1-14-6-7-17-16(12-14)15(8-10-20(2)3)13-22(17)18(23)19-9-11-21(4)5/h6-7,12-13H,8-11H2,1-5H3,(H,19,23). The van der Waals surface area contributed by atoms with Gasteiger partial charge in [-0.15, -0.1) is 0 Å². The van der Waals surface area contributed by atoms with Crippen molar-refractivity contribution in [1.29, 1.82) is 0 Å². The summed E-state index contributed by atoms with van der Waals surface area (Å²) in [5.41, 5.74) is 3.42. The molecule has 0 spiro atoms. The van der Waals surface area contributed by atoms with E-state index in [1.165, 1.54) is 16.5 Å². The lowest BCUT2D eigenvalue weighted by molar-refractivity contribution is 0.242. The van der Waals surface area contributed by atoms with Gasteiger partial charge in [-0.25, -0.2) is 4.79 Å². The summed E-state index contributed by atoms with van der Waals surface area (Å²) in [5.74, 6) is 0. The molecule has 1 amide bonds. The van der Waals surface area contributed by atoms with Crippen molar-refractivity contribution >= 4 is 16.9 Å². The van der Waals surface area contributed by atoms with Crippen LogP contribution in [0.1, 0.15) is 11.1 Å². The van der Waals surface area contributed by atoms with Crippen LogP contribution < -0.4 is 5.32 Å². The van der Waals surface area contributed by atoms with E-state index in [0.29, 0.717) is 6.54 Å². The van der Waals surface area contributed by atoms with Crippen LogP contribution in [0.4, 0.5) is 4.79 Å². The maximum Gasteiger partial charge on any atom is 0.326 e. The maximum absolute atomic E-state index is 12.5. The molecule has 0 radical (unpaired) electrons. The molecule has 2 rings (SSSR count). The topological polar surface area (TPSA) is 40.5 Å². The van der Waals surface area contributed by atoms with E-state index >= 15 is 0 Å². The highest BCUT2D eigenvalue weighted by Crippen LogP contribution is 2.23. The molecule has 1 aromatic carbocycles. The first kappa shape index (κ1) is 17.5. The second kappa shape index (κ2) is 7.62. The summed E-state index contributed by atoms with van der Waals surface area (Å²) >= 11 is 0. The minimum Gasteiger partial charge on any atom is -0.336 e. The lowest BCUT2D eigenvalue weighted by Gasteiger charge is -2.11. The van der Waals surface area contributed by atoms with E-state index in [4.69, 9.17) is 0 Å². The summed E-state index contributed by atoms with van der Waals surface area (Å²) in [7, 11) is 8.13. The molecule has 1 aromatic heterocycles. The van der Waals surface area contributed by atoms with Gasteiger partial charge in [0.1, 0.15) is 0 Å². The van der Waals surface area contributed by atoms with Gasteiger partial charge >= 0.3 is 6.03 Å². The van der Waals surface area contributed by atoms with Gasteiger partial charge in [-0.2, -0.15) is 0 Å². The number of likely N-dealkylation sites (N-methyl/N-ethyl adjacent to an activating group) is 2. The molecule has 0 aliphatic carbocycles. The first-order valence-corrected chi connectivity index (χ1v) is 8.06. The van der Waals surface area contributed by atoms with Crippen molar-refractivity contribution in [2.75, 3.05) is 47.8 Å². The highest BCUT2D eigenvalue weighted by molar-refractivity contribution is 5.94. The molecule has 2 aromatic rings. The zero-order valence-corrected chi connectivity index (χ0v) is 14.9. The smallest absolute Gasteiger partial charge is 0.326 e. The fraction of sp³-hybridized carbons (Fsp3) is 0.500. The number of carbonyl (C=O) groups excluding carboxylic acids is 1. The molecule has 0 atom stereocenters. The van der Waals surface area contributed by atoms with E-state index in [1.807, 2.05) is 26.4 Å². The minimum absolute atomic E-state index is 0.0585. The van der Waals surface area contributed by atoms with Gasteiger partial charge < -0.3 is 15.1 Å². The van der Waals surface area contributed by atoms with E-state index in [2.05, 4.69) is 48.3 Å².